The number of aryl methyl sites for hydroxylation is 1. The average molecular weight is 887 g/mol. The van der Waals surface area contributed by atoms with Gasteiger partial charge in [-0.05, 0) is 73.4 Å². The van der Waals surface area contributed by atoms with Crippen molar-refractivity contribution in [2.75, 3.05) is 70.7 Å². The van der Waals surface area contributed by atoms with Gasteiger partial charge in [0.1, 0.15) is 30.5 Å². The molecule has 0 fully saturated rings. The molecule has 3 aromatic rings. The van der Waals surface area contributed by atoms with Gasteiger partial charge < -0.3 is 44.5 Å². The van der Waals surface area contributed by atoms with E-state index in [4.69, 9.17) is 33.9 Å². The molecule has 0 aliphatic rings. The van der Waals surface area contributed by atoms with E-state index in [2.05, 4.69) is 20.3 Å². The molecule has 0 aliphatic heterocycles. The van der Waals surface area contributed by atoms with Crippen molar-refractivity contribution < 1.29 is 61.5 Å². The van der Waals surface area contributed by atoms with E-state index < -0.39 is 34.5 Å². The summed E-state index contributed by atoms with van der Waals surface area (Å²) in [7, 11) is -3.97. The van der Waals surface area contributed by atoms with Gasteiger partial charge in [0, 0.05) is 25.7 Å². The summed E-state index contributed by atoms with van der Waals surface area (Å²) in [5, 5.41) is 22.5. The second-order valence-corrected chi connectivity index (χ2v) is 16.0. The molecule has 0 saturated heterocycles. The second-order valence-electron chi connectivity index (χ2n) is 14.4. The first-order valence-electron chi connectivity index (χ1n) is 21.2. The molecule has 0 bridgehead atoms. The minimum atomic E-state index is -3.97. The van der Waals surface area contributed by atoms with Crippen LogP contribution in [0.4, 0.5) is 5.82 Å². The monoisotopic (exact) mass is 886 g/mol. The van der Waals surface area contributed by atoms with Crippen LogP contribution in [0.1, 0.15) is 93.0 Å². The summed E-state index contributed by atoms with van der Waals surface area (Å²) >= 11 is 0. The smallest absolute Gasteiger partial charge is 0.329 e. The zero-order chi connectivity index (χ0) is 44.7. The van der Waals surface area contributed by atoms with Crippen LogP contribution in [0.2, 0.25) is 0 Å². The zero-order valence-corrected chi connectivity index (χ0v) is 36.2. The summed E-state index contributed by atoms with van der Waals surface area (Å²) in [5.74, 6) is -1.33. The van der Waals surface area contributed by atoms with Crippen molar-refractivity contribution in [3.63, 3.8) is 0 Å². The third-order valence-electron chi connectivity index (χ3n) is 9.22. The van der Waals surface area contributed by atoms with Gasteiger partial charge in [0.25, 0.3) is 15.9 Å². The maximum atomic E-state index is 13.0. The Morgan fingerprint density at radius 1 is 0.565 bits per heavy atom. The van der Waals surface area contributed by atoms with Crippen LogP contribution in [0.5, 0.6) is 11.5 Å². The fraction of sp³-hybridized carbons (Fsp3) is 0.523. The number of carbonyl (C=O) groups is 4. The van der Waals surface area contributed by atoms with Gasteiger partial charge in [0.2, 0.25) is 5.91 Å². The molecular formula is C44H62N4O13S. The van der Waals surface area contributed by atoms with Gasteiger partial charge in [0.05, 0.1) is 50.1 Å². The molecule has 0 unspecified atom stereocenters. The Morgan fingerprint density at radius 2 is 1.10 bits per heavy atom. The van der Waals surface area contributed by atoms with E-state index in [-0.39, 0.29) is 87.9 Å². The lowest BCUT2D eigenvalue weighted by atomic mass is 10.0. The predicted molar refractivity (Wildman–Crippen MR) is 231 cm³/mol. The van der Waals surface area contributed by atoms with Gasteiger partial charge in [-0.1, -0.05) is 69.9 Å². The largest absolute Gasteiger partial charge is 0.481 e. The first kappa shape index (κ1) is 51.2. The summed E-state index contributed by atoms with van der Waals surface area (Å²) in [6, 6.07) is 16.8. The molecule has 18 heteroatoms. The van der Waals surface area contributed by atoms with E-state index in [1.165, 1.54) is 81.0 Å². The number of carboxylic acid groups (broad SMARTS) is 2. The number of rotatable bonds is 36. The summed E-state index contributed by atoms with van der Waals surface area (Å²) in [5.41, 5.74) is 1.47. The van der Waals surface area contributed by atoms with Crippen molar-refractivity contribution in [1.82, 2.24) is 15.6 Å². The number of ether oxygens (including phenoxy) is 5. The van der Waals surface area contributed by atoms with Gasteiger partial charge >= 0.3 is 11.9 Å². The Balaban J connectivity index is 1.23. The van der Waals surface area contributed by atoms with Crippen molar-refractivity contribution in [1.29, 1.82) is 0 Å². The van der Waals surface area contributed by atoms with Crippen LogP contribution in [0, 0.1) is 0 Å². The van der Waals surface area contributed by atoms with E-state index >= 15 is 0 Å². The number of nitrogens with zero attached hydrogens (tertiary/aromatic N) is 1. The van der Waals surface area contributed by atoms with Crippen LogP contribution in [0.3, 0.4) is 0 Å². The summed E-state index contributed by atoms with van der Waals surface area (Å²) < 4.78 is 55.1. The van der Waals surface area contributed by atoms with Gasteiger partial charge in [-0.3, -0.25) is 19.1 Å². The third kappa shape index (κ3) is 23.7. The summed E-state index contributed by atoms with van der Waals surface area (Å²) in [6.07, 6.45) is 15.2. The third-order valence-corrected chi connectivity index (χ3v) is 10.6. The van der Waals surface area contributed by atoms with E-state index in [1.807, 2.05) is 24.3 Å². The number of pyridine rings is 1. The minimum Gasteiger partial charge on any atom is -0.481 e. The summed E-state index contributed by atoms with van der Waals surface area (Å²) in [4.78, 5) is 49.3. The Hall–Kier alpha value is -5.14. The fourth-order valence-corrected chi connectivity index (χ4v) is 6.95. The number of amides is 2. The Labute approximate surface area is 364 Å². The molecule has 0 spiro atoms. The van der Waals surface area contributed by atoms with Crippen molar-refractivity contribution in [2.45, 2.75) is 88.4 Å². The molecular weight excluding hydrogens is 825 g/mol. The lowest BCUT2D eigenvalue weighted by Gasteiger charge is -2.10. The quantitative estimate of drug-likeness (QED) is 0.0423. The molecule has 1 heterocycles. The van der Waals surface area contributed by atoms with Crippen LogP contribution < -0.4 is 20.1 Å². The molecule has 0 aliphatic carbocycles. The average Bonchev–Trinajstić information content (AvgIpc) is 3.25. The van der Waals surface area contributed by atoms with Gasteiger partial charge in [0.15, 0.2) is 0 Å². The molecule has 1 aromatic heterocycles. The number of hydrogen-bond donors (Lipinski definition) is 5. The van der Waals surface area contributed by atoms with Gasteiger partial charge in [-0.15, -0.1) is 0 Å². The van der Waals surface area contributed by atoms with E-state index in [9.17, 15) is 27.6 Å². The number of hydrogen-bond acceptors (Lipinski definition) is 12. The SMILES string of the molecule is O=C(O)CCCCCCCCCCCCCc1ccc(Oc2ccc(S(=O)(=O)Nc3ccc(C(=O)NCCOCCOCC(=O)NCCOCCOCC(=O)O)cn3)cc2)cc1. The molecule has 17 nitrogen and oxygen atoms in total. The minimum absolute atomic E-state index is 0.0171. The van der Waals surface area contributed by atoms with Gasteiger partial charge in [-0.2, -0.15) is 0 Å². The molecule has 2 amide bonds. The van der Waals surface area contributed by atoms with Crippen LogP contribution in [-0.4, -0.2) is 113 Å². The number of unbranched alkanes of at least 4 members (excludes halogenated alkanes) is 10. The van der Waals surface area contributed by atoms with Crippen LogP contribution in [0.25, 0.3) is 0 Å². The first-order chi connectivity index (χ1) is 30.0. The highest BCUT2D eigenvalue weighted by Gasteiger charge is 2.16. The molecule has 0 saturated carbocycles. The number of aliphatic carboxylic acids is 2. The number of anilines is 1. The lowest BCUT2D eigenvalue weighted by molar-refractivity contribution is -0.143. The van der Waals surface area contributed by atoms with Crippen LogP contribution in [-0.2, 0) is 49.8 Å². The van der Waals surface area contributed by atoms with E-state index in [1.54, 1.807) is 12.1 Å². The van der Waals surface area contributed by atoms with Crippen LogP contribution in [0.15, 0.2) is 71.8 Å². The molecule has 342 valence electrons. The Kier molecular flexibility index (Phi) is 25.5. The summed E-state index contributed by atoms with van der Waals surface area (Å²) in [6.45, 7) is 1.07. The topological polar surface area (TPSA) is 238 Å². The highest BCUT2D eigenvalue weighted by atomic mass is 32.2. The Bertz CT molecular complexity index is 1850. The standard InChI is InChI=1S/C44H62N4O13S/c49-41(45-24-26-57-29-31-60-34-43(52)53)33-59-30-28-58-27-25-46-44(54)36-16-23-40(47-32-36)48-62(55,56)39-21-19-38(20-22-39)61-37-17-14-35(15-18-37)12-10-8-6-4-2-1-3-5-7-9-11-13-42(50)51/h14-23,32H,1-13,24-31,33-34H2,(H,45,49)(H,46,54)(H,47,48)(H,50,51)(H,52,53). The number of carboxylic acids is 2. The highest BCUT2D eigenvalue weighted by molar-refractivity contribution is 7.92. The second kappa shape index (κ2) is 30.8. The van der Waals surface area contributed by atoms with Crippen molar-refractivity contribution in [3.05, 3.63) is 78.0 Å². The number of sulfonamides is 1. The highest BCUT2D eigenvalue weighted by Crippen LogP contribution is 2.25. The van der Waals surface area contributed by atoms with Crippen molar-refractivity contribution in [3.8, 4) is 11.5 Å². The van der Waals surface area contributed by atoms with Gasteiger partial charge in [-0.25, -0.2) is 18.2 Å². The maximum Gasteiger partial charge on any atom is 0.329 e. The van der Waals surface area contributed by atoms with E-state index in [0.717, 1.165) is 32.1 Å². The number of benzene rings is 2. The first-order valence-corrected chi connectivity index (χ1v) is 22.7. The van der Waals surface area contributed by atoms with Crippen molar-refractivity contribution in [2.24, 2.45) is 0 Å². The Morgan fingerprint density at radius 3 is 1.66 bits per heavy atom. The number of carbonyl (C=O) groups excluding carboxylic acids is 2. The normalized spacial score (nSPS) is 11.2. The molecule has 0 radical (unpaired) electrons. The fourth-order valence-electron chi connectivity index (χ4n) is 5.95. The van der Waals surface area contributed by atoms with Crippen molar-refractivity contribution >= 4 is 39.6 Å². The molecule has 5 N–H and O–H groups in total. The number of nitrogens with one attached hydrogen (secondary N) is 3. The molecule has 2 aromatic carbocycles. The lowest BCUT2D eigenvalue weighted by Crippen LogP contribution is -2.31. The molecule has 0 atom stereocenters. The molecule has 62 heavy (non-hydrogen) atoms. The predicted octanol–water partition coefficient (Wildman–Crippen LogP) is 5.98. The zero-order valence-electron chi connectivity index (χ0n) is 35.4. The molecule has 3 rings (SSSR count). The van der Waals surface area contributed by atoms with Crippen LogP contribution >= 0.6 is 0 Å². The van der Waals surface area contributed by atoms with E-state index in [0.29, 0.717) is 11.5 Å². The maximum absolute atomic E-state index is 13.0. The number of aromatic nitrogens is 1.